The fraction of sp³-hybridized carbons (Fsp3) is 0.357. The molecule has 0 aromatic heterocycles. The molecule has 0 spiro atoms. The Balaban J connectivity index is 2.90. The van der Waals surface area contributed by atoms with Crippen LogP contribution in [-0.2, 0) is 14.8 Å². The number of carbonyl (C=O) groups excluding carboxylic acids is 1. The topological polar surface area (TPSA) is 84.5 Å². The normalized spacial score (nSPS) is 12.7. The van der Waals surface area contributed by atoms with Gasteiger partial charge in [-0.1, -0.05) is 12.1 Å². The smallest absolute Gasteiger partial charge is 0.251 e. The van der Waals surface area contributed by atoms with Crippen molar-refractivity contribution in [2.45, 2.75) is 17.9 Å². The molecule has 21 heavy (non-hydrogen) atoms. The zero-order chi connectivity index (χ0) is 15.9. The highest BCUT2D eigenvalue weighted by Crippen LogP contribution is 2.11. The third kappa shape index (κ3) is 5.30. The van der Waals surface area contributed by atoms with Crippen LogP contribution in [0.3, 0.4) is 0 Å². The molecule has 0 saturated heterocycles. The molecule has 1 rings (SSSR count). The van der Waals surface area contributed by atoms with Gasteiger partial charge in [-0.15, -0.1) is 6.58 Å². The molecule has 1 aromatic rings. The second-order valence-electron chi connectivity index (χ2n) is 4.50. The van der Waals surface area contributed by atoms with Crippen molar-refractivity contribution in [2.24, 2.45) is 0 Å². The summed E-state index contributed by atoms with van der Waals surface area (Å²) in [7, 11) is -2.10. The van der Waals surface area contributed by atoms with Gasteiger partial charge in [0.15, 0.2) is 0 Å². The maximum absolute atomic E-state index is 12.0. The summed E-state index contributed by atoms with van der Waals surface area (Å²) in [5.41, 5.74) is 0.277. The van der Waals surface area contributed by atoms with Crippen molar-refractivity contribution in [3.63, 3.8) is 0 Å². The summed E-state index contributed by atoms with van der Waals surface area (Å²) in [4.78, 5) is 12.1. The van der Waals surface area contributed by atoms with Crippen LogP contribution in [-0.4, -0.2) is 40.6 Å². The van der Waals surface area contributed by atoms with Crippen LogP contribution < -0.4 is 10.0 Å². The van der Waals surface area contributed by atoms with Crippen molar-refractivity contribution in [2.75, 3.05) is 20.3 Å². The molecule has 7 heteroatoms. The Morgan fingerprint density at radius 1 is 1.48 bits per heavy atom. The summed E-state index contributed by atoms with van der Waals surface area (Å²) in [6, 6.07) is 5.68. The van der Waals surface area contributed by atoms with E-state index in [1.807, 2.05) is 0 Å². The number of hydrogen-bond donors (Lipinski definition) is 2. The third-order valence-corrected chi connectivity index (χ3v) is 4.04. The van der Waals surface area contributed by atoms with E-state index >= 15 is 0 Å². The average Bonchev–Trinajstić information content (AvgIpc) is 2.45. The zero-order valence-corrected chi connectivity index (χ0v) is 12.9. The molecule has 116 valence electrons. The molecule has 6 nitrogen and oxygen atoms in total. The van der Waals surface area contributed by atoms with E-state index in [1.54, 1.807) is 20.1 Å². The van der Waals surface area contributed by atoms with Gasteiger partial charge in [-0.05, 0) is 25.1 Å². The van der Waals surface area contributed by atoms with Gasteiger partial charge in [0.1, 0.15) is 0 Å². The minimum Gasteiger partial charge on any atom is -0.383 e. The first-order chi connectivity index (χ1) is 9.90. The Bertz CT molecular complexity index is 599. The van der Waals surface area contributed by atoms with Gasteiger partial charge >= 0.3 is 0 Å². The Hall–Kier alpha value is -1.70. The van der Waals surface area contributed by atoms with Crippen LogP contribution in [0, 0.1) is 0 Å². The van der Waals surface area contributed by atoms with Crippen molar-refractivity contribution in [3.05, 3.63) is 42.5 Å². The molecule has 1 aromatic carbocycles. The van der Waals surface area contributed by atoms with Crippen molar-refractivity contribution >= 4 is 15.9 Å². The lowest BCUT2D eigenvalue weighted by Gasteiger charge is -2.13. The monoisotopic (exact) mass is 312 g/mol. The molecule has 1 unspecified atom stereocenters. The quantitative estimate of drug-likeness (QED) is 0.699. The molecule has 0 fully saturated rings. The number of ether oxygens (including phenoxy) is 1. The largest absolute Gasteiger partial charge is 0.383 e. The van der Waals surface area contributed by atoms with Crippen LogP contribution in [0.5, 0.6) is 0 Å². The summed E-state index contributed by atoms with van der Waals surface area (Å²) < 4.78 is 31.2. The minimum atomic E-state index is -3.64. The molecular formula is C14H20N2O4S. The van der Waals surface area contributed by atoms with Crippen molar-refractivity contribution in [3.8, 4) is 0 Å². The Labute approximate surface area is 125 Å². The molecule has 2 N–H and O–H groups in total. The molecule has 0 aliphatic heterocycles. The number of methoxy groups -OCH3 is 1. The minimum absolute atomic E-state index is 0.0383. The van der Waals surface area contributed by atoms with Crippen LogP contribution in [0.1, 0.15) is 17.3 Å². The van der Waals surface area contributed by atoms with E-state index < -0.39 is 10.0 Å². The first-order valence-corrected chi connectivity index (χ1v) is 7.89. The number of benzene rings is 1. The van der Waals surface area contributed by atoms with E-state index in [-0.39, 0.29) is 29.0 Å². The van der Waals surface area contributed by atoms with Gasteiger partial charge in [-0.3, -0.25) is 4.79 Å². The fourth-order valence-electron chi connectivity index (χ4n) is 1.66. The van der Waals surface area contributed by atoms with E-state index in [9.17, 15) is 13.2 Å². The Kier molecular flexibility index (Phi) is 6.54. The van der Waals surface area contributed by atoms with E-state index in [0.29, 0.717) is 6.61 Å². The lowest BCUT2D eigenvalue weighted by Crippen LogP contribution is -2.35. The number of amides is 1. The van der Waals surface area contributed by atoms with E-state index in [1.165, 1.54) is 24.3 Å². The second-order valence-corrected chi connectivity index (χ2v) is 6.27. The summed E-state index contributed by atoms with van der Waals surface area (Å²) in [5, 5.41) is 2.72. The van der Waals surface area contributed by atoms with Gasteiger partial charge in [0.2, 0.25) is 10.0 Å². The fourth-order valence-corrected chi connectivity index (χ4v) is 2.70. The predicted octanol–water partition coefficient (Wildman–Crippen LogP) is 0.916. The van der Waals surface area contributed by atoms with Gasteiger partial charge in [-0.25, -0.2) is 13.1 Å². The SMILES string of the molecule is C=CCNS(=O)(=O)c1cccc(C(=O)NC(C)COC)c1. The predicted molar refractivity (Wildman–Crippen MR) is 80.6 cm³/mol. The van der Waals surface area contributed by atoms with Gasteiger partial charge < -0.3 is 10.1 Å². The van der Waals surface area contributed by atoms with E-state index in [0.717, 1.165) is 0 Å². The highest BCUT2D eigenvalue weighted by atomic mass is 32.2. The number of rotatable bonds is 8. The Morgan fingerprint density at radius 3 is 2.81 bits per heavy atom. The van der Waals surface area contributed by atoms with Crippen LogP contribution in [0.25, 0.3) is 0 Å². The van der Waals surface area contributed by atoms with E-state index in [2.05, 4.69) is 16.6 Å². The lowest BCUT2D eigenvalue weighted by atomic mass is 10.2. The first-order valence-electron chi connectivity index (χ1n) is 6.41. The van der Waals surface area contributed by atoms with E-state index in [4.69, 9.17) is 4.74 Å². The highest BCUT2D eigenvalue weighted by molar-refractivity contribution is 7.89. The molecule has 0 aliphatic rings. The van der Waals surface area contributed by atoms with Crippen molar-refractivity contribution in [1.82, 2.24) is 10.0 Å². The van der Waals surface area contributed by atoms with Crippen LogP contribution in [0.15, 0.2) is 41.8 Å². The molecule has 0 bridgehead atoms. The Morgan fingerprint density at radius 2 is 2.19 bits per heavy atom. The molecular weight excluding hydrogens is 292 g/mol. The van der Waals surface area contributed by atoms with Crippen LogP contribution in [0.4, 0.5) is 0 Å². The first kappa shape index (κ1) is 17.4. The maximum atomic E-state index is 12.0. The second kappa shape index (κ2) is 7.92. The number of nitrogens with one attached hydrogen (secondary N) is 2. The summed E-state index contributed by atoms with van der Waals surface area (Å²) in [6.45, 7) is 5.76. The lowest BCUT2D eigenvalue weighted by molar-refractivity contribution is 0.0905. The number of sulfonamides is 1. The number of carbonyl (C=O) groups is 1. The molecule has 0 radical (unpaired) electrons. The summed E-state index contributed by atoms with van der Waals surface area (Å²) in [5.74, 6) is -0.347. The zero-order valence-electron chi connectivity index (χ0n) is 12.1. The third-order valence-electron chi connectivity index (χ3n) is 2.62. The molecule has 0 saturated carbocycles. The standard InChI is InChI=1S/C14H20N2O4S/c1-4-8-15-21(18,19)13-7-5-6-12(9-13)14(17)16-11(2)10-20-3/h4-7,9,11,15H,1,8,10H2,2-3H3,(H,16,17). The van der Waals surface area contributed by atoms with Gasteiger partial charge in [-0.2, -0.15) is 0 Å². The van der Waals surface area contributed by atoms with Crippen molar-refractivity contribution in [1.29, 1.82) is 0 Å². The highest BCUT2D eigenvalue weighted by Gasteiger charge is 2.16. The molecule has 1 amide bonds. The van der Waals surface area contributed by atoms with Crippen LogP contribution in [0.2, 0.25) is 0 Å². The summed E-state index contributed by atoms with van der Waals surface area (Å²) in [6.07, 6.45) is 1.44. The average molecular weight is 312 g/mol. The maximum Gasteiger partial charge on any atom is 0.251 e. The molecule has 0 heterocycles. The number of hydrogen-bond acceptors (Lipinski definition) is 4. The molecule has 0 aliphatic carbocycles. The molecule has 1 atom stereocenters. The summed E-state index contributed by atoms with van der Waals surface area (Å²) >= 11 is 0. The van der Waals surface area contributed by atoms with Gasteiger partial charge in [0.05, 0.1) is 11.5 Å². The van der Waals surface area contributed by atoms with Crippen LogP contribution >= 0.6 is 0 Å². The van der Waals surface area contributed by atoms with Gasteiger partial charge in [0.25, 0.3) is 5.91 Å². The van der Waals surface area contributed by atoms with Gasteiger partial charge in [0, 0.05) is 25.3 Å². The van der Waals surface area contributed by atoms with Crippen molar-refractivity contribution < 1.29 is 17.9 Å².